The number of nitrogens with two attached hydrogens (primary N) is 1. The topological polar surface area (TPSA) is 73.5 Å². The van der Waals surface area contributed by atoms with Gasteiger partial charge in [-0.1, -0.05) is 24.0 Å². The third-order valence-corrected chi connectivity index (χ3v) is 8.41. The number of pyridine rings is 1. The first-order chi connectivity index (χ1) is 18.3. The van der Waals surface area contributed by atoms with Crippen LogP contribution in [0.15, 0.2) is 42.7 Å². The van der Waals surface area contributed by atoms with Crippen LogP contribution in [0, 0.1) is 17.3 Å². The quantitative estimate of drug-likeness (QED) is 0.387. The number of nitrogens with zero attached hydrogens (tertiary/aromatic N) is 3. The summed E-state index contributed by atoms with van der Waals surface area (Å²) in [6.07, 6.45) is 8.67. The van der Waals surface area contributed by atoms with Gasteiger partial charge in [0, 0.05) is 54.0 Å². The van der Waals surface area contributed by atoms with Crippen LogP contribution in [0.2, 0.25) is 0 Å². The summed E-state index contributed by atoms with van der Waals surface area (Å²) >= 11 is 1.77. The first kappa shape index (κ1) is 26.7. The van der Waals surface area contributed by atoms with Crippen LogP contribution in [0.25, 0.3) is 10.4 Å². The van der Waals surface area contributed by atoms with Gasteiger partial charge >= 0.3 is 0 Å². The normalized spacial score (nSPS) is 20.5. The molecule has 3 aromatic rings. The Labute approximate surface area is 230 Å². The van der Waals surface area contributed by atoms with E-state index in [1.165, 1.54) is 30.7 Å². The van der Waals surface area contributed by atoms with Crippen molar-refractivity contribution in [1.29, 1.82) is 0 Å². The van der Waals surface area contributed by atoms with Crippen molar-refractivity contribution in [3.05, 3.63) is 58.9 Å². The number of hydrogen-bond acceptors (Lipinski definition) is 7. The summed E-state index contributed by atoms with van der Waals surface area (Å²) in [5.74, 6) is 8.07. The van der Waals surface area contributed by atoms with Gasteiger partial charge in [-0.05, 0) is 70.2 Å². The molecule has 2 fully saturated rings. The van der Waals surface area contributed by atoms with Crippen molar-refractivity contribution in [2.75, 3.05) is 32.0 Å². The molecule has 200 valence electrons. The molecular weight excluding hydrogens is 492 g/mol. The van der Waals surface area contributed by atoms with Crippen molar-refractivity contribution in [3.63, 3.8) is 0 Å². The molecule has 7 heteroatoms. The average molecular weight is 531 g/mol. The van der Waals surface area contributed by atoms with Gasteiger partial charge < -0.3 is 15.2 Å². The molecule has 2 N–H and O–H groups in total. The molecule has 6 nitrogen and oxygen atoms in total. The highest BCUT2D eigenvalue weighted by Crippen LogP contribution is 2.39. The third kappa shape index (κ3) is 6.93. The van der Waals surface area contributed by atoms with Crippen LogP contribution in [-0.4, -0.2) is 47.2 Å². The van der Waals surface area contributed by atoms with Crippen molar-refractivity contribution in [2.24, 2.45) is 5.41 Å². The maximum absolute atomic E-state index is 6.17. The van der Waals surface area contributed by atoms with E-state index in [1.807, 2.05) is 36.7 Å². The standard InChI is InChI=1S/C31H38N4O2S/c1-31(2,3)12-11-22-5-4-6-23(17-22)21-37-27-18-25(19-33-29(27)32)28-20-34-30(38-28)24-7-9-26(10-8-24)35-13-15-36-16-14-35/h4-6,17-20,24,26H,7-10,13-16,21H2,1-3H3,(H2,32,33). The molecule has 0 spiro atoms. The van der Waals surface area contributed by atoms with Crippen molar-refractivity contribution in [2.45, 2.75) is 65.0 Å². The maximum atomic E-state index is 6.17. The highest BCUT2D eigenvalue weighted by atomic mass is 32.1. The Hall–Kier alpha value is -2.92. The zero-order valence-corrected chi connectivity index (χ0v) is 23.5. The number of hydrogen-bond donors (Lipinski definition) is 1. The van der Waals surface area contributed by atoms with Gasteiger partial charge in [-0.2, -0.15) is 0 Å². The molecule has 1 saturated heterocycles. The molecule has 0 radical (unpaired) electrons. The van der Waals surface area contributed by atoms with Crippen LogP contribution in [0.3, 0.4) is 0 Å². The van der Waals surface area contributed by atoms with E-state index in [0.717, 1.165) is 47.9 Å². The fourth-order valence-electron chi connectivity index (χ4n) is 5.11. The lowest BCUT2D eigenvalue weighted by Gasteiger charge is -2.38. The summed E-state index contributed by atoms with van der Waals surface area (Å²) in [6.45, 7) is 10.6. The van der Waals surface area contributed by atoms with Crippen LogP contribution in [0.4, 0.5) is 5.82 Å². The molecule has 38 heavy (non-hydrogen) atoms. The van der Waals surface area contributed by atoms with E-state index >= 15 is 0 Å². The van der Waals surface area contributed by atoms with Gasteiger partial charge in [0.2, 0.25) is 0 Å². The van der Waals surface area contributed by atoms with E-state index in [9.17, 15) is 0 Å². The van der Waals surface area contributed by atoms with Gasteiger partial charge in [0.05, 0.1) is 23.1 Å². The summed E-state index contributed by atoms with van der Waals surface area (Å²) in [7, 11) is 0. The second-order valence-corrected chi connectivity index (χ2v) is 12.4. The van der Waals surface area contributed by atoms with Gasteiger partial charge in [-0.25, -0.2) is 9.97 Å². The van der Waals surface area contributed by atoms with Gasteiger partial charge in [-0.15, -0.1) is 11.3 Å². The van der Waals surface area contributed by atoms with Crippen LogP contribution < -0.4 is 10.5 Å². The Morgan fingerprint density at radius 1 is 1.08 bits per heavy atom. The molecule has 1 aliphatic carbocycles. The SMILES string of the molecule is CC(C)(C)C#Cc1cccc(COc2cc(-c3cnc(C4CCC(N5CCOCC5)CC4)s3)cnc2N)c1. The van der Waals surface area contributed by atoms with Crippen molar-refractivity contribution in [3.8, 4) is 28.0 Å². The largest absolute Gasteiger partial charge is 0.485 e. The van der Waals surface area contributed by atoms with Crippen molar-refractivity contribution >= 4 is 17.2 Å². The van der Waals surface area contributed by atoms with E-state index in [2.05, 4.69) is 48.6 Å². The average Bonchev–Trinajstić information content (AvgIpc) is 3.42. The molecule has 2 aliphatic rings. The minimum Gasteiger partial charge on any atom is -0.485 e. The van der Waals surface area contributed by atoms with E-state index in [-0.39, 0.29) is 5.41 Å². The summed E-state index contributed by atoms with van der Waals surface area (Å²) < 4.78 is 11.6. The zero-order chi connectivity index (χ0) is 26.5. The Bertz CT molecular complexity index is 1290. The smallest absolute Gasteiger partial charge is 0.166 e. The molecule has 0 unspecified atom stereocenters. The fourth-order valence-corrected chi connectivity index (χ4v) is 6.17. The Kier molecular flexibility index (Phi) is 8.32. The van der Waals surface area contributed by atoms with Gasteiger partial charge in [0.15, 0.2) is 11.6 Å². The molecule has 0 bridgehead atoms. The zero-order valence-electron chi connectivity index (χ0n) is 22.7. The lowest BCUT2D eigenvalue weighted by atomic mass is 9.85. The summed E-state index contributed by atoms with van der Waals surface area (Å²) in [6, 6.07) is 10.8. The van der Waals surface area contributed by atoms with Crippen molar-refractivity contribution < 1.29 is 9.47 Å². The minimum absolute atomic E-state index is 0.0358. The summed E-state index contributed by atoms with van der Waals surface area (Å²) in [4.78, 5) is 13.0. The maximum Gasteiger partial charge on any atom is 0.166 e. The van der Waals surface area contributed by atoms with E-state index in [4.69, 9.17) is 20.2 Å². The van der Waals surface area contributed by atoms with E-state index < -0.39 is 0 Å². The second kappa shape index (κ2) is 11.9. The highest BCUT2D eigenvalue weighted by Gasteiger charge is 2.29. The predicted molar refractivity (Wildman–Crippen MR) is 154 cm³/mol. The molecule has 0 atom stereocenters. The summed E-state index contributed by atoms with van der Waals surface area (Å²) in [5, 5.41) is 1.23. The first-order valence-electron chi connectivity index (χ1n) is 13.6. The van der Waals surface area contributed by atoms with Gasteiger partial charge in [0.1, 0.15) is 6.61 Å². The Morgan fingerprint density at radius 3 is 2.63 bits per heavy atom. The van der Waals surface area contributed by atoms with E-state index in [0.29, 0.717) is 30.1 Å². The van der Waals surface area contributed by atoms with Crippen LogP contribution >= 0.6 is 11.3 Å². The number of morpholine rings is 1. The Balaban J connectivity index is 1.21. The summed E-state index contributed by atoms with van der Waals surface area (Å²) in [5.41, 5.74) is 9.15. The van der Waals surface area contributed by atoms with Gasteiger partial charge in [-0.3, -0.25) is 4.90 Å². The number of benzene rings is 1. The van der Waals surface area contributed by atoms with Crippen LogP contribution in [0.5, 0.6) is 5.75 Å². The minimum atomic E-state index is -0.0358. The number of thiazole rings is 1. The number of ether oxygens (including phenoxy) is 2. The molecular formula is C31H38N4O2S. The molecule has 0 amide bonds. The number of rotatable bonds is 6. The highest BCUT2D eigenvalue weighted by molar-refractivity contribution is 7.15. The monoisotopic (exact) mass is 530 g/mol. The fraction of sp³-hybridized carbons (Fsp3) is 0.484. The first-order valence-corrected chi connectivity index (χ1v) is 14.4. The Morgan fingerprint density at radius 2 is 1.87 bits per heavy atom. The molecule has 1 aliphatic heterocycles. The second-order valence-electron chi connectivity index (χ2n) is 11.3. The van der Waals surface area contributed by atoms with E-state index in [1.54, 1.807) is 11.3 Å². The van der Waals surface area contributed by atoms with Crippen molar-refractivity contribution in [1.82, 2.24) is 14.9 Å². The number of nitrogen functional groups attached to an aromatic ring is 1. The molecule has 1 saturated carbocycles. The molecule has 1 aromatic carbocycles. The van der Waals surface area contributed by atoms with Gasteiger partial charge in [0.25, 0.3) is 0 Å². The lowest BCUT2D eigenvalue weighted by Crippen LogP contribution is -2.44. The molecule has 5 rings (SSSR count). The molecule has 3 heterocycles. The molecule has 2 aromatic heterocycles. The lowest BCUT2D eigenvalue weighted by molar-refractivity contribution is 0.00729. The van der Waals surface area contributed by atoms with Crippen LogP contribution in [-0.2, 0) is 11.3 Å². The van der Waals surface area contributed by atoms with Crippen LogP contribution in [0.1, 0.15) is 68.5 Å². The number of aromatic nitrogens is 2. The predicted octanol–water partition coefficient (Wildman–Crippen LogP) is 6.12. The third-order valence-electron chi connectivity index (χ3n) is 7.20. The number of anilines is 1.